The highest BCUT2D eigenvalue weighted by atomic mass is 35.5. The molecule has 0 radical (unpaired) electrons. The topological polar surface area (TPSA) is 50.8 Å². The van der Waals surface area contributed by atoms with Crippen LogP contribution in [0.4, 0.5) is 0 Å². The Morgan fingerprint density at radius 2 is 2.19 bits per heavy atom. The van der Waals surface area contributed by atoms with Crippen LogP contribution in [0.3, 0.4) is 0 Å². The molecule has 2 atom stereocenters. The molecule has 2 aliphatic heterocycles. The van der Waals surface area contributed by atoms with Crippen LogP contribution in [-0.4, -0.2) is 49.8 Å². The van der Waals surface area contributed by atoms with Gasteiger partial charge in [0, 0.05) is 36.0 Å². The van der Waals surface area contributed by atoms with E-state index in [1.807, 2.05) is 12.1 Å². The number of nitrogens with one attached hydrogen (secondary N) is 1. The zero-order chi connectivity index (χ0) is 17.9. The number of nitrogens with zero attached hydrogens (tertiary/aromatic N) is 1. The van der Waals surface area contributed by atoms with Gasteiger partial charge in [0.2, 0.25) is 0 Å². The maximum Gasteiger partial charge on any atom is 0.261 e. The maximum atomic E-state index is 12.6. The monoisotopic (exact) mass is 392 g/mol. The maximum absolute atomic E-state index is 12.6. The summed E-state index contributed by atoms with van der Waals surface area (Å²) in [5, 5.41) is 5.83. The summed E-state index contributed by atoms with van der Waals surface area (Å²) < 4.78 is 11.3. The second-order valence-corrected chi connectivity index (χ2v) is 7.90. The lowest BCUT2D eigenvalue weighted by Gasteiger charge is -2.34. The van der Waals surface area contributed by atoms with Gasteiger partial charge in [0.15, 0.2) is 6.10 Å². The van der Waals surface area contributed by atoms with Crippen LogP contribution < -0.4 is 10.1 Å². The number of hydrogen-bond donors (Lipinski definition) is 1. The molecule has 138 valence electrons. The third kappa shape index (κ3) is 3.88. The van der Waals surface area contributed by atoms with Crippen molar-refractivity contribution in [1.29, 1.82) is 0 Å². The molecule has 7 heteroatoms. The summed E-state index contributed by atoms with van der Waals surface area (Å²) in [5.41, 5.74) is 0.987. The largest absolute Gasteiger partial charge is 0.480 e. The molecule has 0 unspecified atom stereocenters. The van der Waals surface area contributed by atoms with Crippen molar-refractivity contribution in [3.63, 3.8) is 0 Å². The molecule has 1 aromatic heterocycles. The van der Waals surface area contributed by atoms with E-state index in [1.54, 1.807) is 17.4 Å². The van der Waals surface area contributed by atoms with Crippen molar-refractivity contribution in [2.75, 3.05) is 32.8 Å². The number of fused-ring (bicyclic) bond motifs is 1. The number of thiophene rings is 1. The number of ether oxygens (including phenoxy) is 2. The van der Waals surface area contributed by atoms with Crippen molar-refractivity contribution in [3.8, 4) is 5.75 Å². The number of amides is 1. The Morgan fingerprint density at radius 1 is 1.35 bits per heavy atom. The van der Waals surface area contributed by atoms with E-state index in [0.717, 1.165) is 37.6 Å². The molecular formula is C19H21ClN2O3S. The molecule has 2 aliphatic rings. The van der Waals surface area contributed by atoms with Gasteiger partial charge in [-0.25, -0.2) is 0 Å². The molecule has 0 bridgehead atoms. The third-order valence-electron chi connectivity index (χ3n) is 4.82. The van der Waals surface area contributed by atoms with Crippen LogP contribution in [0.5, 0.6) is 5.75 Å². The highest BCUT2D eigenvalue weighted by Crippen LogP contribution is 2.31. The minimum absolute atomic E-state index is 0.0767. The summed E-state index contributed by atoms with van der Waals surface area (Å²) in [5.74, 6) is 0.671. The molecule has 5 nitrogen and oxygen atoms in total. The Labute approximate surface area is 161 Å². The highest BCUT2D eigenvalue weighted by Gasteiger charge is 2.31. The van der Waals surface area contributed by atoms with Gasteiger partial charge in [0.05, 0.1) is 19.3 Å². The summed E-state index contributed by atoms with van der Waals surface area (Å²) in [6.07, 6.45) is 0.0697. The second kappa shape index (κ2) is 7.96. The lowest BCUT2D eigenvalue weighted by molar-refractivity contribution is -0.127. The minimum Gasteiger partial charge on any atom is -0.480 e. The quantitative estimate of drug-likeness (QED) is 0.850. The van der Waals surface area contributed by atoms with Gasteiger partial charge in [0.25, 0.3) is 5.91 Å². The van der Waals surface area contributed by atoms with Gasteiger partial charge in [-0.15, -0.1) is 11.3 Å². The van der Waals surface area contributed by atoms with Crippen LogP contribution in [-0.2, 0) is 16.0 Å². The number of carbonyl (C=O) groups excluding carboxylic acids is 1. The molecule has 26 heavy (non-hydrogen) atoms. The second-order valence-electron chi connectivity index (χ2n) is 6.49. The summed E-state index contributed by atoms with van der Waals surface area (Å²) in [6.45, 7) is 3.79. The van der Waals surface area contributed by atoms with Crippen LogP contribution in [0, 0.1) is 0 Å². The molecular weight excluding hydrogens is 372 g/mol. The van der Waals surface area contributed by atoms with Gasteiger partial charge < -0.3 is 14.8 Å². The molecule has 4 rings (SSSR count). The first-order chi connectivity index (χ1) is 12.7. The standard InChI is InChI=1S/C19H21ClN2O3S/c20-14-3-4-16-13(10-14)11-17(25-16)19(23)21-12-15(18-2-1-9-26-18)22-5-7-24-8-6-22/h1-4,9-10,15,17H,5-8,11-12H2,(H,21,23)/t15-,17-/m0/s1. The van der Waals surface area contributed by atoms with E-state index in [9.17, 15) is 4.79 Å². The Bertz CT molecular complexity index is 762. The first kappa shape index (κ1) is 17.8. The van der Waals surface area contributed by atoms with E-state index in [0.29, 0.717) is 18.0 Å². The third-order valence-corrected chi connectivity index (χ3v) is 6.03. The SMILES string of the molecule is O=C(NC[C@@H](c1cccs1)N1CCOCC1)[C@@H]1Cc2cc(Cl)ccc2O1. The smallest absolute Gasteiger partial charge is 0.261 e. The van der Waals surface area contributed by atoms with Crippen LogP contribution in [0.25, 0.3) is 0 Å². The van der Waals surface area contributed by atoms with Crippen LogP contribution in [0.15, 0.2) is 35.7 Å². The van der Waals surface area contributed by atoms with Crippen LogP contribution >= 0.6 is 22.9 Å². The van der Waals surface area contributed by atoms with Gasteiger partial charge in [-0.3, -0.25) is 9.69 Å². The Morgan fingerprint density at radius 3 is 2.96 bits per heavy atom. The van der Waals surface area contributed by atoms with Crippen molar-refractivity contribution in [3.05, 3.63) is 51.2 Å². The van der Waals surface area contributed by atoms with E-state index in [1.165, 1.54) is 4.88 Å². The summed E-state index contributed by atoms with van der Waals surface area (Å²) in [4.78, 5) is 16.3. The van der Waals surface area contributed by atoms with Gasteiger partial charge in [-0.2, -0.15) is 0 Å². The van der Waals surface area contributed by atoms with Gasteiger partial charge >= 0.3 is 0 Å². The molecule has 0 aliphatic carbocycles. The summed E-state index contributed by atoms with van der Waals surface area (Å²) >= 11 is 7.75. The lowest BCUT2D eigenvalue weighted by Crippen LogP contribution is -2.46. The van der Waals surface area contributed by atoms with Crippen molar-refractivity contribution < 1.29 is 14.3 Å². The van der Waals surface area contributed by atoms with Gasteiger partial charge in [-0.05, 0) is 35.2 Å². The first-order valence-corrected chi connectivity index (χ1v) is 10.0. The minimum atomic E-state index is -0.489. The number of rotatable bonds is 5. The highest BCUT2D eigenvalue weighted by molar-refractivity contribution is 7.10. The molecule has 1 saturated heterocycles. The molecule has 1 N–H and O–H groups in total. The average Bonchev–Trinajstić information content (AvgIpc) is 3.32. The van der Waals surface area contributed by atoms with E-state index < -0.39 is 6.10 Å². The van der Waals surface area contributed by atoms with E-state index in [2.05, 4.69) is 27.7 Å². The van der Waals surface area contributed by atoms with E-state index in [-0.39, 0.29) is 11.9 Å². The predicted molar refractivity (Wildman–Crippen MR) is 102 cm³/mol. The number of hydrogen-bond acceptors (Lipinski definition) is 5. The fourth-order valence-electron chi connectivity index (χ4n) is 3.45. The molecule has 1 aromatic carbocycles. The van der Waals surface area contributed by atoms with E-state index >= 15 is 0 Å². The molecule has 2 aromatic rings. The number of benzene rings is 1. The van der Waals surface area contributed by atoms with Crippen LogP contribution in [0.2, 0.25) is 5.02 Å². The molecule has 0 saturated carbocycles. The number of carbonyl (C=O) groups is 1. The number of halogens is 1. The fraction of sp³-hybridized carbons (Fsp3) is 0.421. The zero-order valence-corrected chi connectivity index (χ0v) is 15.9. The van der Waals surface area contributed by atoms with Crippen molar-refractivity contribution >= 4 is 28.8 Å². The zero-order valence-electron chi connectivity index (χ0n) is 14.3. The Kier molecular flexibility index (Phi) is 5.45. The average molecular weight is 393 g/mol. The van der Waals surface area contributed by atoms with Crippen molar-refractivity contribution in [1.82, 2.24) is 10.2 Å². The fourth-order valence-corrected chi connectivity index (χ4v) is 4.51. The Balaban J connectivity index is 1.39. The van der Waals surface area contributed by atoms with E-state index in [4.69, 9.17) is 21.1 Å². The van der Waals surface area contributed by atoms with Gasteiger partial charge in [-0.1, -0.05) is 17.7 Å². The summed E-state index contributed by atoms with van der Waals surface area (Å²) in [7, 11) is 0. The predicted octanol–water partition coefficient (Wildman–Crippen LogP) is 2.89. The molecule has 0 spiro atoms. The molecule has 1 amide bonds. The Hall–Kier alpha value is -1.60. The lowest BCUT2D eigenvalue weighted by atomic mass is 10.1. The first-order valence-electron chi connectivity index (χ1n) is 8.79. The normalized spacial score (nSPS) is 21.0. The van der Waals surface area contributed by atoms with Crippen LogP contribution in [0.1, 0.15) is 16.5 Å². The van der Waals surface area contributed by atoms with Gasteiger partial charge in [0.1, 0.15) is 5.75 Å². The summed E-state index contributed by atoms with van der Waals surface area (Å²) in [6, 6.07) is 9.82. The number of morpholine rings is 1. The van der Waals surface area contributed by atoms with Crippen molar-refractivity contribution in [2.45, 2.75) is 18.6 Å². The molecule has 3 heterocycles. The molecule has 1 fully saturated rings. The van der Waals surface area contributed by atoms with Crippen molar-refractivity contribution in [2.24, 2.45) is 0 Å².